The number of unbranched alkanes of at least 4 members (excludes halogenated alkanes) is 1. The second-order valence-electron chi connectivity index (χ2n) is 8.01. The molecule has 1 aliphatic rings. The van der Waals surface area contributed by atoms with E-state index in [1.54, 1.807) is 10.9 Å². The molecule has 1 fully saturated rings. The Morgan fingerprint density at radius 2 is 1.82 bits per heavy atom. The topological polar surface area (TPSA) is 96.8 Å². The van der Waals surface area contributed by atoms with E-state index < -0.39 is 15.9 Å². The van der Waals surface area contributed by atoms with Crippen LogP contribution in [0.1, 0.15) is 50.4 Å². The van der Waals surface area contributed by atoms with E-state index in [9.17, 15) is 13.2 Å². The predicted molar refractivity (Wildman–Crippen MR) is 128 cm³/mol. The molecule has 1 aliphatic heterocycles. The standard InChI is InChI=1S/C23H35N5O4S/c1-4-7-12-24-22(29)19-18-27(13-5-2)25-23(19)33(30,31)28-16-14-26(15-17-28)20-10-8-9-11-21(20)32-6-3/h8-11,18H,4-7,12-17H2,1-3H3,(H,24,29). The Morgan fingerprint density at radius 3 is 2.48 bits per heavy atom. The SMILES string of the molecule is CCCCNC(=O)c1cn(CCC)nc1S(=O)(=O)N1CCN(c2ccccc2OCC)CC1. The van der Waals surface area contributed by atoms with Crippen LogP contribution in [0.3, 0.4) is 0 Å². The van der Waals surface area contributed by atoms with Crippen LogP contribution in [0, 0.1) is 0 Å². The number of hydrogen-bond acceptors (Lipinski definition) is 6. The van der Waals surface area contributed by atoms with Gasteiger partial charge in [-0.05, 0) is 31.9 Å². The molecule has 0 atom stereocenters. The fourth-order valence-corrected chi connectivity index (χ4v) is 5.38. The lowest BCUT2D eigenvalue weighted by Crippen LogP contribution is -2.49. The number of aryl methyl sites for hydroxylation is 1. The van der Waals surface area contributed by atoms with E-state index in [0.29, 0.717) is 45.9 Å². The van der Waals surface area contributed by atoms with Gasteiger partial charge < -0.3 is 15.0 Å². The Hall–Kier alpha value is -2.59. The van der Waals surface area contributed by atoms with Crippen molar-refractivity contribution in [2.75, 3.05) is 44.2 Å². The largest absolute Gasteiger partial charge is 0.492 e. The highest BCUT2D eigenvalue weighted by molar-refractivity contribution is 7.89. The summed E-state index contributed by atoms with van der Waals surface area (Å²) in [7, 11) is -3.91. The van der Waals surface area contributed by atoms with Crippen LogP contribution < -0.4 is 15.0 Å². The van der Waals surface area contributed by atoms with E-state index >= 15 is 0 Å². The van der Waals surface area contributed by atoms with Crippen LogP contribution in [0.4, 0.5) is 5.69 Å². The number of aromatic nitrogens is 2. The highest BCUT2D eigenvalue weighted by Crippen LogP contribution is 2.30. The summed E-state index contributed by atoms with van der Waals surface area (Å²) in [6.45, 7) is 9.24. The minimum absolute atomic E-state index is 0.115. The number of nitrogens with one attached hydrogen (secondary N) is 1. The third-order valence-corrected chi connectivity index (χ3v) is 7.40. The third-order valence-electron chi connectivity index (χ3n) is 5.57. The predicted octanol–water partition coefficient (Wildman–Crippen LogP) is 2.73. The molecule has 10 heteroatoms. The molecule has 9 nitrogen and oxygen atoms in total. The van der Waals surface area contributed by atoms with Gasteiger partial charge in [0.25, 0.3) is 15.9 Å². The number of sulfonamides is 1. The average Bonchev–Trinajstić information content (AvgIpc) is 3.25. The monoisotopic (exact) mass is 477 g/mol. The Labute approximate surface area is 196 Å². The van der Waals surface area contributed by atoms with Crippen molar-refractivity contribution in [1.82, 2.24) is 19.4 Å². The van der Waals surface area contributed by atoms with Gasteiger partial charge in [-0.1, -0.05) is 32.4 Å². The van der Waals surface area contributed by atoms with Crippen molar-refractivity contribution in [2.45, 2.75) is 51.6 Å². The number of benzene rings is 1. The van der Waals surface area contributed by atoms with Gasteiger partial charge in [-0.25, -0.2) is 8.42 Å². The van der Waals surface area contributed by atoms with Crippen LogP contribution >= 0.6 is 0 Å². The molecular formula is C23H35N5O4S. The molecule has 0 unspecified atom stereocenters. The lowest BCUT2D eigenvalue weighted by Gasteiger charge is -2.35. The van der Waals surface area contributed by atoms with Gasteiger partial charge in [0, 0.05) is 45.5 Å². The zero-order valence-electron chi connectivity index (χ0n) is 19.8. The highest BCUT2D eigenvalue weighted by atomic mass is 32.2. The Kier molecular flexibility index (Phi) is 8.74. The summed E-state index contributed by atoms with van der Waals surface area (Å²) in [5, 5.41) is 6.97. The van der Waals surface area contributed by atoms with Crippen molar-refractivity contribution in [1.29, 1.82) is 0 Å². The van der Waals surface area contributed by atoms with Crippen LogP contribution in [-0.2, 0) is 16.6 Å². The second kappa shape index (κ2) is 11.5. The molecular weight excluding hydrogens is 442 g/mol. The summed E-state index contributed by atoms with van der Waals surface area (Å²) in [6.07, 6.45) is 4.11. The fraction of sp³-hybridized carbons (Fsp3) is 0.565. The lowest BCUT2D eigenvalue weighted by atomic mass is 10.2. The maximum atomic E-state index is 13.5. The third kappa shape index (κ3) is 5.86. The van der Waals surface area contributed by atoms with Crippen molar-refractivity contribution >= 4 is 21.6 Å². The van der Waals surface area contributed by atoms with E-state index in [2.05, 4.69) is 15.3 Å². The van der Waals surface area contributed by atoms with E-state index in [0.717, 1.165) is 30.7 Å². The number of carbonyl (C=O) groups is 1. The number of nitrogens with zero attached hydrogens (tertiary/aromatic N) is 4. The van der Waals surface area contributed by atoms with Gasteiger partial charge in [0.2, 0.25) is 5.03 Å². The summed E-state index contributed by atoms with van der Waals surface area (Å²) >= 11 is 0. The van der Waals surface area contributed by atoms with E-state index in [-0.39, 0.29) is 10.6 Å². The molecule has 0 bridgehead atoms. The molecule has 182 valence electrons. The van der Waals surface area contributed by atoms with E-state index in [1.165, 1.54) is 4.31 Å². The normalized spacial score (nSPS) is 14.9. The van der Waals surface area contributed by atoms with Crippen LogP contribution in [0.25, 0.3) is 0 Å². The van der Waals surface area contributed by atoms with Crippen LogP contribution in [-0.4, -0.2) is 67.7 Å². The Morgan fingerprint density at radius 1 is 1.09 bits per heavy atom. The Balaban J connectivity index is 1.78. The zero-order valence-corrected chi connectivity index (χ0v) is 20.6. The molecule has 1 saturated heterocycles. The molecule has 0 spiro atoms. The van der Waals surface area contributed by atoms with E-state index in [4.69, 9.17) is 4.74 Å². The van der Waals surface area contributed by atoms with Crippen molar-refractivity contribution < 1.29 is 17.9 Å². The molecule has 0 saturated carbocycles. The minimum Gasteiger partial charge on any atom is -0.492 e. The van der Waals surface area contributed by atoms with Crippen molar-refractivity contribution in [3.63, 3.8) is 0 Å². The smallest absolute Gasteiger partial charge is 0.263 e. The molecule has 0 aliphatic carbocycles. The molecule has 1 N–H and O–H groups in total. The fourth-order valence-electron chi connectivity index (χ4n) is 3.86. The van der Waals surface area contributed by atoms with Crippen molar-refractivity contribution in [2.24, 2.45) is 0 Å². The number of carbonyl (C=O) groups excluding carboxylic acids is 1. The lowest BCUT2D eigenvalue weighted by molar-refractivity contribution is 0.0949. The van der Waals surface area contributed by atoms with Crippen molar-refractivity contribution in [3.8, 4) is 5.75 Å². The zero-order chi connectivity index (χ0) is 23.8. The summed E-state index contributed by atoms with van der Waals surface area (Å²) in [4.78, 5) is 14.9. The maximum Gasteiger partial charge on any atom is 0.263 e. The quantitative estimate of drug-likeness (QED) is 0.500. The summed E-state index contributed by atoms with van der Waals surface area (Å²) < 4.78 is 35.7. The van der Waals surface area contributed by atoms with Crippen LogP contribution in [0.15, 0.2) is 35.5 Å². The number of anilines is 1. The first-order chi connectivity index (χ1) is 15.9. The molecule has 2 heterocycles. The molecule has 1 aromatic heterocycles. The first-order valence-electron chi connectivity index (χ1n) is 11.7. The number of amides is 1. The average molecular weight is 478 g/mol. The number of hydrogen-bond donors (Lipinski definition) is 1. The van der Waals surface area contributed by atoms with Crippen molar-refractivity contribution in [3.05, 3.63) is 36.0 Å². The van der Waals surface area contributed by atoms with Crippen LogP contribution in [0.2, 0.25) is 0 Å². The second-order valence-corrected chi connectivity index (χ2v) is 9.87. The minimum atomic E-state index is -3.91. The number of ether oxygens (including phenoxy) is 1. The van der Waals surface area contributed by atoms with Gasteiger partial charge >= 0.3 is 0 Å². The number of para-hydroxylation sites is 2. The molecule has 3 rings (SSSR count). The van der Waals surface area contributed by atoms with Gasteiger partial charge in [0.1, 0.15) is 5.75 Å². The molecule has 2 aromatic rings. The number of piperazine rings is 1. The first-order valence-corrected chi connectivity index (χ1v) is 13.2. The van der Waals surface area contributed by atoms with Gasteiger partial charge in [0.15, 0.2) is 0 Å². The van der Waals surface area contributed by atoms with Gasteiger partial charge in [-0.15, -0.1) is 0 Å². The first kappa shape index (κ1) is 25.0. The van der Waals surface area contributed by atoms with E-state index in [1.807, 2.05) is 45.0 Å². The summed E-state index contributed by atoms with van der Waals surface area (Å²) in [5.41, 5.74) is 1.07. The molecule has 33 heavy (non-hydrogen) atoms. The highest BCUT2D eigenvalue weighted by Gasteiger charge is 2.35. The van der Waals surface area contributed by atoms with Gasteiger partial charge in [0.05, 0.1) is 17.9 Å². The van der Waals surface area contributed by atoms with Crippen LogP contribution in [0.5, 0.6) is 5.75 Å². The van der Waals surface area contributed by atoms with Gasteiger partial charge in [-0.3, -0.25) is 9.48 Å². The number of rotatable bonds is 11. The molecule has 0 radical (unpaired) electrons. The van der Waals surface area contributed by atoms with Gasteiger partial charge in [-0.2, -0.15) is 9.40 Å². The molecule has 1 aromatic carbocycles. The Bertz CT molecular complexity index is 1030. The molecule has 1 amide bonds. The summed E-state index contributed by atoms with van der Waals surface area (Å²) in [6, 6.07) is 7.78. The summed E-state index contributed by atoms with van der Waals surface area (Å²) in [5.74, 6) is 0.398. The maximum absolute atomic E-state index is 13.5.